The molecule has 0 atom stereocenters. The minimum atomic E-state index is -0.102. The molecule has 1 aliphatic rings. The van der Waals surface area contributed by atoms with Crippen molar-refractivity contribution in [1.82, 2.24) is 19.8 Å². The molecule has 0 unspecified atom stereocenters. The number of unbranched alkanes of at least 4 members (excludes halogenated alkanes) is 2. The van der Waals surface area contributed by atoms with E-state index in [2.05, 4.69) is 16.8 Å². The molecule has 1 aliphatic heterocycles. The molecule has 7 heteroatoms. The number of hydrogen-bond donors (Lipinski definition) is 1. The number of benzene rings is 2. The van der Waals surface area contributed by atoms with E-state index in [9.17, 15) is 9.59 Å². The van der Waals surface area contributed by atoms with Crippen LogP contribution in [-0.4, -0.2) is 45.9 Å². The molecule has 1 N–H and O–H groups in total. The SMILES string of the molecule is CC1CCN(C(=O)Cn2c(CCCCCNC(=O)c3cccc(Cl)c3)nc3ccccc32)CC1. The Bertz CT molecular complexity index is 1130. The highest BCUT2D eigenvalue weighted by molar-refractivity contribution is 6.30. The van der Waals surface area contributed by atoms with E-state index in [0.717, 1.165) is 68.5 Å². The molecule has 3 aromatic rings. The van der Waals surface area contributed by atoms with Gasteiger partial charge >= 0.3 is 0 Å². The Morgan fingerprint density at radius 3 is 2.65 bits per heavy atom. The lowest BCUT2D eigenvalue weighted by Gasteiger charge is -2.30. The van der Waals surface area contributed by atoms with Crippen LogP contribution in [0.4, 0.5) is 0 Å². The lowest BCUT2D eigenvalue weighted by Crippen LogP contribution is -2.39. The minimum absolute atomic E-state index is 0.102. The van der Waals surface area contributed by atoms with Gasteiger partial charge in [-0.3, -0.25) is 9.59 Å². The van der Waals surface area contributed by atoms with E-state index in [1.54, 1.807) is 24.3 Å². The molecule has 0 aliphatic carbocycles. The van der Waals surface area contributed by atoms with Crippen molar-refractivity contribution in [2.75, 3.05) is 19.6 Å². The molecule has 0 saturated carbocycles. The van der Waals surface area contributed by atoms with Gasteiger partial charge in [0.15, 0.2) is 0 Å². The van der Waals surface area contributed by atoms with Crippen LogP contribution >= 0.6 is 11.6 Å². The summed E-state index contributed by atoms with van der Waals surface area (Å²) in [7, 11) is 0. The average Bonchev–Trinajstić information content (AvgIpc) is 3.18. The summed E-state index contributed by atoms with van der Waals surface area (Å²) in [5.41, 5.74) is 2.53. The number of halogens is 1. The monoisotopic (exact) mass is 480 g/mol. The number of likely N-dealkylation sites (tertiary alicyclic amines) is 1. The molecule has 1 saturated heterocycles. The van der Waals surface area contributed by atoms with Crippen LogP contribution in [0.15, 0.2) is 48.5 Å². The first-order valence-electron chi connectivity index (χ1n) is 12.3. The van der Waals surface area contributed by atoms with Crippen LogP contribution in [0.2, 0.25) is 5.02 Å². The van der Waals surface area contributed by atoms with Crippen LogP contribution in [-0.2, 0) is 17.8 Å². The Labute approximate surface area is 206 Å². The second-order valence-electron chi connectivity index (χ2n) is 9.24. The summed E-state index contributed by atoms with van der Waals surface area (Å²) < 4.78 is 2.09. The first-order valence-corrected chi connectivity index (χ1v) is 12.6. The molecular formula is C27H33ClN4O2. The van der Waals surface area contributed by atoms with E-state index < -0.39 is 0 Å². The number of imidazole rings is 1. The second-order valence-corrected chi connectivity index (χ2v) is 9.68. The topological polar surface area (TPSA) is 67.2 Å². The van der Waals surface area contributed by atoms with Gasteiger partial charge in [0.1, 0.15) is 12.4 Å². The molecule has 0 radical (unpaired) electrons. The van der Waals surface area contributed by atoms with E-state index in [1.807, 2.05) is 29.2 Å². The third-order valence-corrected chi connectivity index (χ3v) is 6.85. The summed E-state index contributed by atoms with van der Waals surface area (Å²) in [4.78, 5) is 32.1. The first-order chi connectivity index (χ1) is 16.5. The Morgan fingerprint density at radius 2 is 1.85 bits per heavy atom. The van der Waals surface area contributed by atoms with Crippen LogP contribution in [0.5, 0.6) is 0 Å². The summed E-state index contributed by atoms with van der Waals surface area (Å²) in [6, 6.07) is 15.0. The van der Waals surface area contributed by atoms with Gasteiger partial charge < -0.3 is 14.8 Å². The normalized spacial score (nSPS) is 14.5. The van der Waals surface area contributed by atoms with Crippen LogP contribution in [0, 0.1) is 5.92 Å². The molecule has 2 aromatic carbocycles. The molecule has 4 rings (SSSR count). The van der Waals surface area contributed by atoms with Crippen molar-refractivity contribution in [3.05, 3.63) is 64.9 Å². The summed E-state index contributed by atoms with van der Waals surface area (Å²) in [6.07, 6.45) is 5.77. The smallest absolute Gasteiger partial charge is 0.251 e. The number of para-hydroxylation sites is 2. The number of fused-ring (bicyclic) bond motifs is 1. The number of nitrogens with zero attached hydrogens (tertiary/aromatic N) is 3. The fraction of sp³-hybridized carbons (Fsp3) is 0.444. The van der Waals surface area contributed by atoms with Gasteiger partial charge in [0, 0.05) is 36.6 Å². The zero-order chi connectivity index (χ0) is 23.9. The van der Waals surface area contributed by atoms with Crippen LogP contribution in [0.25, 0.3) is 11.0 Å². The number of carbonyl (C=O) groups is 2. The van der Waals surface area contributed by atoms with Crippen LogP contribution in [0.1, 0.15) is 55.2 Å². The van der Waals surface area contributed by atoms with Gasteiger partial charge in [0.25, 0.3) is 5.91 Å². The molecule has 34 heavy (non-hydrogen) atoms. The van der Waals surface area contributed by atoms with Gasteiger partial charge in [-0.05, 0) is 61.9 Å². The summed E-state index contributed by atoms with van der Waals surface area (Å²) in [5, 5.41) is 3.51. The standard InChI is InChI=1S/C27H33ClN4O2/c1-20-13-16-31(17-14-20)26(33)19-32-24-11-5-4-10-23(24)30-25(32)12-3-2-6-15-29-27(34)21-8-7-9-22(28)18-21/h4-5,7-11,18,20H,2-3,6,12-17,19H2,1H3,(H,29,34). The summed E-state index contributed by atoms with van der Waals surface area (Å²) in [5.74, 6) is 1.74. The molecule has 0 spiro atoms. The van der Waals surface area contributed by atoms with Gasteiger partial charge in [-0.1, -0.05) is 43.1 Å². The Morgan fingerprint density at radius 1 is 1.06 bits per heavy atom. The van der Waals surface area contributed by atoms with Crippen molar-refractivity contribution < 1.29 is 9.59 Å². The van der Waals surface area contributed by atoms with Gasteiger partial charge in [-0.25, -0.2) is 4.98 Å². The number of piperidine rings is 1. The highest BCUT2D eigenvalue weighted by Gasteiger charge is 2.22. The second kappa shape index (κ2) is 11.5. The van der Waals surface area contributed by atoms with E-state index in [4.69, 9.17) is 16.6 Å². The number of aromatic nitrogens is 2. The van der Waals surface area contributed by atoms with Crippen LogP contribution < -0.4 is 5.32 Å². The molecule has 2 heterocycles. The third kappa shape index (κ3) is 6.17. The average molecular weight is 481 g/mol. The summed E-state index contributed by atoms with van der Waals surface area (Å²) in [6.45, 7) is 4.92. The van der Waals surface area contributed by atoms with Crippen molar-refractivity contribution in [3.8, 4) is 0 Å². The molecular weight excluding hydrogens is 448 g/mol. The Kier molecular flexibility index (Phi) is 8.22. The number of amides is 2. The van der Waals surface area contributed by atoms with Crippen molar-refractivity contribution in [2.45, 2.75) is 52.0 Å². The lowest BCUT2D eigenvalue weighted by atomic mass is 9.99. The Balaban J connectivity index is 1.29. The molecule has 0 bridgehead atoms. The fourth-order valence-electron chi connectivity index (χ4n) is 4.50. The predicted molar refractivity (Wildman–Crippen MR) is 136 cm³/mol. The number of rotatable bonds is 9. The molecule has 180 valence electrons. The zero-order valence-electron chi connectivity index (χ0n) is 19.8. The minimum Gasteiger partial charge on any atom is -0.352 e. The van der Waals surface area contributed by atoms with Gasteiger partial charge in [-0.2, -0.15) is 0 Å². The number of carbonyl (C=O) groups excluding carboxylic acids is 2. The predicted octanol–water partition coefficient (Wildman–Crippen LogP) is 5.09. The number of nitrogens with one attached hydrogen (secondary N) is 1. The third-order valence-electron chi connectivity index (χ3n) is 6.61. The van der Waals surface area contributed by atoms with Crippen molar-refractivity contribution in [3.63, 3.8) is 0 Å². The Hall–Kier alpha value is -2.86. The fourth-order valence-corrected chi connectivity index (χ4v) is 4.69. The maximum atomic E-state index is 13.0. The highest BCUT2D eigenvalue weighted by Crippen LogP contribution is 2.20. The maximum Gasteiger partial charge on any atom is 0.251 e. The largest absolute Gasteiger partial charge is 0.352 e. The molecule has 1 fully saturated rings. The number of hydrogen-bond acceptors (Lipinski definition) is 3. The van der Waals surface area contributed by atoms with Crippen LogP contribution in [0.3, 0.4) is 0 Å². The molecule has 1 aromatic heterocycles. The van der Waals surface area contributed by atoms with Crippen molar-refractivity contribution in [1.29, 1.82) is 0 Å². The first kappa shape index (κ1) is 24.3. The lowest BCUT2D eigenvalue weighted by molar-refractivity contribution is -0.133. The maximum absolute atomic E-state index is 13.0. The molecule has 6 nitrogen and oxygen atoms in total. The van der Waals surface area contributed by atoms with Crippen molar-refractivity contribution in [2.24, 2.45) is 5.92 Å². The van der Waals surface area contributed by atoms with Crippen molar-refractivity contribution >= 4 is 34.4 Å². The quantitative estimate of drug-likeness (QED) is 0.434. The number of aryl methyl sites for hydroxylation is 1. The van der Waals surface area contributed by atoms with E-state index in [0.29, 0.717) is 29.6 Å². The van der Waals surface area contributed by atoms with Gasteiger partial charge in [-0.15, -0.1) is 0 Å². The van der Waals surface area contributed by atoms with E-state index >= 15 is 0 Å². The van der Waals surface area contributed by atoms with E-state index in [-0.39, 0.29) is 11.8 Å². The van der Waals surface area contributed by atoms with Gasteiger partial charge in [0.05, 0.1) is 11.0 Å². The zero-order valence-corrected chi connectivity index (χ0v) is 20.6. The molecule has 2 amide bonds. The van der Waals surface area contributed by atoms with Gasteiger partial charge in [0.2, 0.25) is 5.91 Å². The summed E-state index contributed by atoms with van der Waals surface area (Å²) >= 11 is 5.96. The highest BCUT2D eigenvalue weighted by atomic mass is 35.5. The van der Waals surface area contributed by atoms with E-state index in [1.165, 1.54) is 0 Å².